The van der Waals surface area contributed by atoms with E-state index in [0.717, 1.165) is 25.9 Å². The first-order valence-corrected chi connectivity index (χ1v) is 5.75. The zero-order valence-electron chi connectivity index (χ0n) is 10.2. The lowest BCUT2D eigenvalue weighted by Crippen LogP contribution is -2.28. The molecule has 0 atom stereocenters. The van der Waals surface area contributed by atoms with Crippen LogP contribution in [0.3, 0.4) is 0 Å². The SMILES string of the molecule is CCCNC(=O)CCNCCCC(=O)OC. The van der Waals surface area contributed by atoms with Gasteiger partial charge in [-0.15, -0.1) is 0 Å². The van der Waals surface area contributed by atoms with Crippen molar-refractivity contribution < 1.29 is 14.3 Å². The molecule has 5 heteroatoms. The van der Waals surface area contributed by atoms with Crippen LogP contribution in [0.25, 0.3) is 0 Å². The summed E-state index contributed by atoms with van der Waals surface area (Å²) in [5, 5.41) is 5.90. The topological polar surface area (TPSA) is 67.4 Å². The molecule has 0 aromatic rings. The molecule has 0 aliphatic rings. The van der Waals surface area contributed by atoms with Crippen molar-refractivity contribution in [2.24, 2.45) is 0 Å². The molecule has 2 N–H and O–H groups in total. The van der Waals surface area contributed by atoms with Crippen molar-refractivity contribution in [2.75, 3.05) is 26.7 Å². The molecule has 0 spiro atoms. The lowest BCUT2D eigenvalue weighted by Gasteiger charge is -2.05. The number of nitrogens with one attached hydrogen (secondary N) is 2. The molecule has 0 aromatic carbocycles. The second kappa shape index (κ2) is 10.4. The summed E-state index contributed by atoms with van der Waals surface area (Å²) in [6.07, 6.45) is 2.60. The lowest BCUT2D eigenvalue weighted by atomic mass is 10.3. The Kier molecular flexibility index (Phi) is 9.70. The fourth-order valence-electron chi connectivity index (χ4n) is 1.14. The maximum atomic E-state index is 11.2. The Morgan fingerprint density at radius 1 is 1.12 bits per heavy atom. The summed E-state index contributed by atoms with van der Waals surface area (Å²) in [4.78, 5) is 21.9. The Balaban J connectivity index is 3.20. The average molecular weight is 230 g/mol. The van der Waals surface area contributed by atoms with Crippen LogP contribution in [0.15, 0.2) is 0 Å². The van der Waals surface area contributed by atoms with Crippen molar-refractivity contribution in [1.29, 1.82) is 0 Å². The van der Waals surface area contributed by atoms with E-state index in [2.05, 4.69) is 15.4 Å². The predicted molar refractivity (Wildman–Crippen MR) is 62.0 cm³/mol. The molecule has 1 amide bonds. The highest BCUT2D eigenvalue weighted by Crippen LogP contribution is 1.89. The molecule has 0 aliphatic heterocycles. The highest BCUT2D eigenvalue weighted by atomic mass is 16.5. The van der Waals surface area contributed by atoms with E-state index in [4.69, 9.17) is 0 Å². The number of carbonyl (C=O) groups excluding carboxylic acids is 2. The van der Waals surface area contributed by atoms with Crippen LogP contribution in [0.4, 0.5) is 0 Å². The van der Waals surface area contributed by atoms with Crippen LogP contribution in [0.2, 0.25) is 0 Å². The fraction of sp³-hybridized carbons (Fsp3) is 0.818. The highest BCUT2D eigenvalue weighted by Gasteiger charge is 2.00. The number of ether oxygens (including phenoxy) is 1. The van der Waals surface area contributed by atoms with E-state index in [-0.39, 0.29) is 11.9 Å². The molecule has 0 heterocycles. The number of hydrogen-bond acceptors (Lipinski definition) is 4. The van der Waals surface area contributed by atoms with Crippen LogP contribution in [0.5, 0.6) is 0 Å². The van der Waals surface area contributed by atoms with Crippen molar-refractivity contribution in [3.05, 3.63) is 0 Å². The standard InChI is InChI=1S/C11H22N2O3/c1-3-7-13-10(14)6-9-12-8-4-5-11(15)16-2/h12H,3-9H2,1-2H3,(H,13,14). The largest absolute Gasteiger partial charge is 0.469 e. The van der Waals surface area contributed by atoms with Gasteiger partial charge in [-0.25, -0.2) is 0 Å². The molecule has 94 valence electrons. The van der Waals surface area contributed by atoms with Crippen molar-refractivity contribution in [2.45, 2.75) is 32.6 Å². The Morgan fingerprint density at radius 3 is 2.50 bits per heavy atom. The Hall–Kier alpha value is -1.10. The molecule has 0 aromatic heterocycles. The van der Waals surface area contributed by atoms with Crippen molar-refractivity contribution in [1.82, 2.24) is 10.6 Å². The number of methoxy groups -OCH3 is 1. The summed E-state index contributed by atoms with van der Waals surface area (Å²) in [7, 11) is 1.38. The summed E-state index contributed by atoms with van der Waals surface area (Å²) < 4.78 is 4.51. The third kappa shape index (κ3) is 9.45. The van der Waals surface area contributed by atoms with Crippen LogP contribution in [0.1, 0.15) is 32.6 Å². The van der Waals surface area contributed by atoms with E-state index in [9.17, 15) is 9.59 Å². The molecule has 0 radical (unpaired) electrons. The Bertz CT molecular complexity index is 207. The third-order valence-corrected chi connectivity index (χ3v) is 2.06. The minimum Gasteiger partial charge on any atom is -0.469 e. The van der Waals surface area contributed by atoms with Gasteiger partial charge in [-0.3, -0.25) is 9.59 Å². The maximum Gasteiger partial charge on any atom is 0.305 e. The monoisotopic (exact) mass is 230 g/mol. The molecule has 5 nitrogen and oxygen atoms in total. The number of carbonyl (C=O) groups is 2. The zero-order chi connectivity index (χ0) is 12.2. The van der Waals surface area contributed by atoms with Gasteiger partial charge in [0.15, 0.2) is 0 Å². The average Bonchev–Trinajstić information content (AvgIpc) is 2.30. The van der Waals surface area contributed by atoms with E-state index in [0.29, 0.717) is 19.4 Å². The molecule has 0 saturated carbocycles. The smallest absolute Gasteiger partial charge is 0.305 e. The third-order valence-electron chi connectivity index (χ3n) is 2.06. The number of esters is 1. The molecule has 0 fully saturated rings. The van der Waals surface area contributed by atoms with Crippen LogP contribution in [-0.2, 0) is 14.3 Å². The van der Waals surface area contributed by atoms with Gasteiger partial charge in [0.05, 0.1) is 7.11 Å². The molecule has 0 bridgehead atoms. The first kappa shape index (κ1) is 14.9. The van der Waals surface area contributed by atoms with Crippen LogP contribution in [-0.4, -0.2) is 38.6 Å². The van der Waals surface area contributed by atoms with Gasteiger partial charge in [-0.1, -0.05) is 6.92 Å². The van der Waals surface area contributed by atoms with Gasteiger partial charge in [0.25, 0.3) is 0 Å². The van der Waals surface area contributed by atoms with Gasteiger partial charge in [0, 0.05) is 25.9 Å². The van der Waals surface area contributed by atoms with E-state index >= 15 is 0 Å². The summed E-state index contributed by atoms with van der Waals surface area (Å²) in [5.74, 6) is -0.121. The number of hydrogen-bond donors (Lipinski definition) is 2. The maximum absolute atomic E-state index is 11.2. The van der Waals surface area contributed by atoms with E-state index in [1.54, 1.807) is 0 Å². The first-order chi connectivity index (χ1) is 7.70. The van der Waals surface area contributed by atoms with E-state index in [1.807, 2.05) is 6.92 Å². The van der Waals surface area contributed by atoms with Gasteiger partial charge in [-0.2, -0.15) is 0 Å². The van der Waals surface area contributed by atoms with Crippen molar-refractivity contribution in [3.8, 4) is 0 Å². The minimum absolute atomic E-state index is 0.0716. The predicted octanol–water partition coefficient (Wildman–Crippen LogP) is 0.446. The number of rotatable bonds is 9. The van der Waals surface area contributed by atoms with Crippen molar-refractivity contribution >= 4 is 11.9 Å². The van der Waals surface area contributed by atoms with Gasteiger partial charge in [0.1, 0.15) is 0 Å². The van der Waals surface area contributed by atoms with E-state index < -0.39 is 0 Å². The summed E-state index contributed by atoms with van der Waals surface area (Å²) >= 11 is 0. The molecule has 0 rings (SSSR count). The summed E-state index contributed by atoms with van der Waals surface area (Å²) in [6.45, 7) is 4.14. The quantitative estimate of drug-likeness (QED) is 0.445. The molecule has 16 heavy (non-hydrogen) atoms. The van der Waals surface area contributed by atoms with Crippen LogP contribution >= 0.6 is 0 Å². The molecule has 0 aliphatic carbocycles. The summed E-state index contributed by atoms with van der Waals surface area (Å²) in [5.41, 5.74) is 0. The van der Waals surface area contributed by atoms with E-state index in [1.165, 1.54) is 7.11 Å². The fourth-order valence-corrected chi connectivity index (χ4v) is 1.14. The number of amides is 1. The van der Waals surface area contributed by atoms with Gasteiger partial charge in [-0.05, 0) is 19.4 Å². The van der Waals surface area contributed by atoms with Crippen molar-refractivity contribution in [3.63, 3.8) is 0 Å². The van der Waals surface area contributed by atoms with Crippen LogP contribution in [0, 0.1) is 0 Å². The first-order valence-electron chi connectivity index (χ1n) is 5.75. The molecule has 0 unspecified atom stereocenters. The second-order valence-electron chi connectivity index (χ2n) is 3.53. The van der Waals surface area contributed by atoms with Gasteiger partial charge < -0.3 is 15.4 Å². The Morgan fingerprint density at radius 2 is 1.88 bits per heavy atom. The zero-order valence-corrected chi connectivity index (χ0v) is 10.2. The van der Waals surface area contributed by atoms with Gasteiger partial charge in [0.2, 0.25) is 5.91 Å². The molecular formula is C11H22N2O3. The van der Waals surface area contributed by atoms with Gasteiger partial charge >= 0.3 is 5.97 Å². The normalized spacial score (nSPS) is 9.88. The highest BCUT2D eigenvalue weighted by molar-refractivity contribution is 5.75. The molecule has 0 saturated heterocycles. The second-order valence-corrected chi connectivity index (χ2v) is 3.53. The minimum atomic E-state index is -0.192. The summed E-state index contributed by atoms with van der Waals surface area (Å²) in [6, 6.07) is 0. The molecular weight excluding hydrogens is 208 g/mol. The lowest BCUT2D eigenvalue weighted by molar-refractivity contribution is -0.140. The van der Waals surface area contributed by atoms with Crippen LogP contribution < -0.4 is 10.6 Å². The Labute approximate surface area is 96.9 Å².